The monoisotopic (exact) mass is 367 g/mol. The van der Waals surface area contributed by atoms with Crippen molar-refractivity contribution in [1.82, 2.24) is 14.9 Å². The molecule has 3 rings (SSSR count). The van der Waals surface area contributed by atoms with Crippen LogP contribution in [0, 0.1) is 6.92 Å². The summed E-state index contributed by atoms with van der Waals surface area (Å²) >= 11 is 1.57. The molecule has 2 heterocycles. The summed E-state index contributed by atoms with van der Waals surface area (Å²) in [5, 5.41) is 2.90. The number of hydrogen-bond donors (Lipinski definition) is 0. The van der Waals surface area contributed by atoms with E-state index in [1.807, 2.05) is 17.3 Å². The summed E-state index contributed by atoms with van der Waals surface area (Å²) in [4.78, 5) is 10.6. The molecule has 0 radical (unpaired) electrons. The van der Waals surface area contributed by atoms with Gasteiger partial charge in [-0.2, -0.15) is 13.2 Å². The zero-order valence-electron chi connectivity index (χ0n) is 13.7. The van der Waals surface area contributed by atoms with E-state index in [1.165, 1.54) is 6.07 Å². The van der Waals surface area contributed by atoms with Crippen LogP contribution in [-0.2, 0) is 19.3 Å². The molecule has 8 heteroatoms. The SMILES string of the molecule is Cc1oc(-c2cccc(C(F)(F)F)c2)nc1CN(C)Cc1nccs1. The highest BCUT2D eigenvalue weighted by Crippen LogP contribution is 2.32. The second kappa shape index (κ2) is 6.97. The predicted molar refractivity (Wildman–Crippen MR) is 89.0 cm³/mol. The first kappa shape index (κ1) is 17.6. The lowest BCUT2D eigenvalue weighted by Gasteiger charge is -2.13. The lowest BCUT2D eigenvalue weighted by molar-refractivity contribution is -0.137. The Morgan fingerprint density at radius 3 is 2.72 bits per heavy atom. The smallest absolute Gasteiger partial charge is 0.416 e. The third kappa shape index (κ3) is 4.26. The fourth-order valence-corrected chi connectivity index (χ4v) is 3.10. The number of oxazole rings is 1. The Labute approximate surface area is 147 Å². The normalized spacial score (nSPS) is 12.1. The van der Waals surface area contributed by atoms with Gasteiger partial charge < -0.3 is 4.42 Å². The van der Waals surface area contributed by atoms with Gasteiger partial charge in [-0.25, -0.2) is 9.97 Å². The molecule has 25 heavy (non-hydrogen) atoms. The molecule has 0 atom stereocenters. The highest BCUT2D eigenvalue weighted by atomic mass is 32.1. The van der Waals surface area contributed by atoms with Crippen molar-refractivity contribution in [2.24, 2.45) is 0 Å². The zero-order valence-corrected chi connectivity index (χ0v) is 14.5. The molecule has 4 nitrogen and oxygen atoms in total. The fraction of sp³-hybridized carbons (Fsp3) is 0.294. The molecule has 0 aliphatic carbocycles. The van der Waals surface area contributed by atoms with Crippen molar-refractivity contribution in [3.05, 3.63) is 57.9 Å². The Morgan fingerprint density at radius 2 is 2.04 bits per heavy atom. The van der Waals surface area contributed by atoms with Gasteiger partial charge in [-0.3, -0.25) is 4.90 Å². The third-order valence-corrected chi connectivity index (χ3v) is 4.40. The number of halogens is 3. The molecular weight excluding hydrogens is 351 g/mol. The third-order valence-electron chi connectivity index (χ3n) is 3.64. The molecule has 0 fully saturated rings. The molecule has 0 amide bonds. The summed E-state index contributed by atoms with van der Waals surface area (Å²) in [6.45, 7) is 2.95. The lowest BCUT2D eigenvalue weighted by atomic mass is 10.1. The van der Waals surface area contributed by atoms with Gasteiger partial charge in [-0.1, -0.05) is 6.07 Å². The van der Waals surface area contributed by atoms with Gasteiger partial charge in [-0.05, 0) is 32.2 Å². The van der Waals surface area contributed by atoms with E-state index in [1.54, 1.807) is 30.5 Å². The van der Waals surface area contributed by atoms with Gasteiger partial charge in [0.25, 0.3) is 0 Å². The molecule has 0 N–H and O–H groups in total. The van der Waals surface area contributed by atoms with Crippen molar-refractivity contribution in [3.8, 4) is 11.5 Å². The van der Waals surface area contributed by atoms with E-state index < -0.39 is 11.7 Å². The van der Waals surface area contributed by atoms with Crippen LogP contribution in [-0.4, -0.2) is 21.9 Å². The zero-order chi connectivity index (χ0) is 18.0. The van der Waals surface area contributed by atoms with E-state index in [9.17, 15) is 13.2 Å². The van der Waals surface area contributed by atoms with E-state index in [4.69, 9.17) is 4.42 Å². The van der Waals surface area contributed by atoms with Gasteiger partial charge in [0.1, 0.15) is 10.8 Å². The number of rotatable bonds is 5. The van der Waals surface area contributed by atoms with E-state index in [-0.39, 0.29) is 5.89 Å². The lowest BCUT2D eigenvalue weighted by Crippen LogP contribution is -2.17. The fourth-order valence-electron chi connectivity index (χ4n) is 2.40. The maximum atomic E-state index is 12.9. The minimum atomic E-state index is -4.39. The first-order valence-corrected chi connectivity index (χ1v) is 8.42. The summed E-state index contributed by atoms with van der Waals surface area (Å²) in [5.74, 6) is 0.791. The van der Waals surface area contributed by atoms with Crippen LogP contribution in [0.1, 0.15) is 22.0 Å². The summed E-state index contributed by atoms with van der Waals surface area (Å²) in [6, 6.07) is 4.99. The van der Waals surface area contributed by atoms with E-state index in [0.29, 0.717) is 30.1 Å². The molecule has 0 bridgehead atoms. The summed E-state index contributed by atoms with van der Waals surface area (Å²) in [6.07, 6.45) is -2.64. The first-order valence-electron chi connectivity index (χ1n) is 7.54. The average Bonchev–Trinajstić information content (AvgIpc) is 3.17. The first-order chi connectivity index (χ1) is 11.8. The summed E-state index contributed by atoms with van der Waals surface area (Å²) in [5.41, 5.74) is 0.293. The second-order valence-electron chi connectivity index (χ2n) is 5.70. The van der Waals surface area contributed by atoms with Crippen LogP contribution in [0.2, 0.25) is 0 Å². The largest absolute Gasteiger partial charge is 0.441 e. The Balaban J connectivity index is 1.78. The van der Waals surface area contributed by atoms with Gasteiger partial charge in [-0.15, -0.1) is 11.3 Å². The second-order valence-corrected chi connectivity index (χ2v) is 6.68. The molecule has 132 valence electrons. The number of aryl methyl sites for hydroxylation is 1. The van der Waals surface area contributed by atoms with Crippen LogP contribution in [0.4, 0.5) is 13.2 Å². The Morgan fingerprint density at radius 1 is 1.24 bits per heavy atom. The molecule has 0 saturated carbocycles. The number of alkyl halides is 3. The Kier molecular flexibility index (Phi) is 4.91. The minimum Gasteiger partial charge on any atom is -0.441 e. The number of hydrogen-bond acceptors (Lipinski definition) is 5. The van der Waals surface area contributed by atoms with Gasteiger partial charge >= 0.3 is 6.18 Å². The molecule has 2 aromatic heterocycles. The topological polar surface area (TPSA) is 42.2 Å². The minimum absolute atomic E-state index is 0.196. The Bertz CT molecular complexity index is 843. The molecule has 3 aromatic rings. The molecule has 0 saturated heterocycles. The molecule has 0 unspecified atom stereocenters. The number of nitrogens with zero attached hydrogens (tertiary/aromatic N) is 3. The van der Waals surface area contributed by atoms with Gasteiger partial charge in [0, 0.05) is 23.7 Å². The van der Waals surface area contributed by atoms with E-state index in [0.717, 1.165) is 17.1 Å². The summed E-state index contributed by atoms with van der Waals surface area (Å²) < 4.78 is 44.2. The molecule has 0 spiro atoms. The number of aromatic nitrogens is 2. The van der Waals surface area contributed by atoms with Crippen LogP contribution >= 0.6 is 11.3 Å². The quantitative estimate of drug-likeness (QED) is 0.652. The van der Waals surface area contributed by atoms with Gasteiger partial charge in [0.15, 0.2) is 0 Å². The van der Waals surface area contributed by atoms with Gasteiger partial charge in [0.2, 0.25) is 5.89 Å². The van der Waals surface area contributed by atoms with Crippen molar-refractivity contribution in [2.45, 2.75) is 26.2 Å². The van der Waals surface area contributed by atoms with Crippen LogP contribution in [0.3, 0.4) is 0 Å². The molecule has 0 aliphatic heterocycles. The van der Waals surface area contributed by atoms with Crippen molar-refractivity contribution < 1.29 is 17.6 Å². The Hall–Kier alpha value is -2.19. The van der Waals surface area contributed by atoms with Crippen LogP contribution in [0.5, 0.6) is 0 Å². The molecular formula is C17H16F3N3OS. The highest BCUT2D eigenvalue weighted by Gasteiger charge is 2.30. The van der Waals surface area contributed by atoms with Crippen LogP contribution in [0.25, 0.3) is 11.5 Å². The maximum absolute atomic E-state index is 12.9. The number of benzene rings is 1. The van der Waals surface area contributed by atoms with Crippen LogP contribution < -0.4 is 0 Å². The van der Waals surface area contributed by atoms with Crippen molar-refractivity contribution >= 4 is 11.3 Å². The molecule has 0 aliphatic rings. The molecule has 1 aromatic carbocycles. The summed E-state index contributed by atoms with van der Waals surface area (Å²) in [7, 11) is 1.93. The maximum Gasteiger partial charge on any atom is 0.416 e. The predicted octanol–water partition coefficient (Wildman–Crippen LogP) is 4.76. The van der Waals surface area contributed by atoms with E-state index >= 15 is 0 Å². The highest BCUT2D eigenvalue weighted by molar-refractivity contribution is 7.09. The van der Waals surface area contributed by atoms with Crippen molar-refractivity contribution in [1.29, 1.82) is 0 Å². The van der Waals surface area contributed by atoms with Crippen LogP contribution in [0.15, 0.2) is 40.3 Å². The standard InChI is InChI=1S/C17H16F3N3OS/c1-11-14(9-23(2)10-15-21-6-7-25-15)22-16(24-11)12-4-3-5-13(8-12)17(18,19)20/h3-8H,9-10H2,1-2H3. The van der Waals surface area contributed by atoms with Gasteiger partial charge in [0.05, 0.1) is 17.8 Å². The van der Waals surface area contributed by atoms with Crippen molar-refractivity contribution in [3.63, 3.8) is 0 Å². The average molecular weight is 367 g/mol. The van der Waals surface area contributed by atoms with E-state index in [2.05, 4.69) is 9.97 Å². The van der Waals surface area contributed by atoms with Crippen molar-refractivity contribution in [2.75, 3.05) is 7.05 Å². The number of thiazole rings is 1.